The molecule has 18 heavy (non-hydrogen) atoms. The van der Waals surface area contributed by atoms with Crippen LogP contribution in [0.2, 0.25) is 0 Å². The molecule has 0 aliphatic rings. The van der Waals surface area contributed by atoms with Gasteiger partial charge in [-0.2, -0.15) is 0 Å². The molecular formula is C14H22N2O2. The lowest BCUT2D eigenvalue weighted by Crippen LogP contribution is -2.31. The molecule has 1 aromatic rings. The first-order chi connectivity index (χ1) is 8.47. The highest BCUT2D eigenvalue weighted by atomic mass is 16.6. The molecule has 0 fully saturated rings. The first-order valence-corrected chi connectivity index (χ1v) is 6.43. The van der Waals surface area contributed by atoms with Gasteiger partial charge in [0.1, 0.15) is 0 Å². The normalized spacial score (nSPS) is 14.2. The highest BCUT2D eigenvalue weighted by Gasteiger charge is 2.14. The molecule has 4 nitrogen and oxygen atoms in total. The number of nitro benzene ring substituents is 1. The lowest BCUT2D eigenvalue weighted by Gasteiger charge is -2.20. The molecule has 2 unspecified atom stereocenters. The van der Waals surface area contributed by atoms with Gasteiger partial charge in [-0.1, -0.05) is 32.4 Å². The van der Waals surface area contributed by atoms with Crippen molar-refractivity contribution in [1.82, 2.24) is 5.32 Å². The molecule has 1 aromatic carbocycles. The maximum absolute atomic E-state index is 10.9. The van der Waals surface area contributed by atoms with E-state index in [1.807, 2.05) is 13.0 Å². The Labute approximate surface area is 109 Å². The maximum Gasteiger partial charge on any atom is 0.272 e. The van der Waals surface area contributed by atoms with E-state index in [0.29, 0.717) is 18.5 Å². The average molecular weight is 250 g/mol. The van der Waals surface area contributed by atoms with Crippen LogP contribution in [0, 0.1) is 23.0 Å². The number of nitrogens with zero attached hydrogens (tertiary/aromatic N) is 1. The summed E-state index contributed by atoms with van der Waals surface area (Å²) in [5.74, 6) is 0.601. The van der Waals surface area contributed by atoms with Crippen molar-refractivity contribution in [1.29, 1.82) is 0 Å². The van der Waals surface area contributed by atoms with E-state index in [9.17, 15) is 10.1 Å². The van der Waals surface area contributed by atoms with E-state index >= 15 is 0 Å². The number of rotatable bonds is 6. The number of nitro groups is 1. The van der Waals surface area contributed by atoms with E-state index in [-0.39, 0.29) is 10.6 Å². The smallest absolute Gasteiger partial charge is 0.272 e. The Kier molecular flexibility index (Phi) is 5.28. The number of nitrogens with one attached hydrogen (secondary N) is 1. The van der Waals surface area contributed by atoms with Crippen LogP contribution in [0.5, 0.6) is 0 Å². The van der Waals surface area contributed by atoms with E-state index in [0.717, 1.165) is 17.5 Å². The molecule has 0 heterocycles. The Hall–Kier alpha value is -1.42. The summed E-state index contributed by atoms with van der Waals surface area (Å²) in [6, 6.07) is 5.65. The van der Waals surface area contributed by atoms with Crippen LogP contribution in [0.4, 0.5) is 5.69 Å². The van der Waals surface area contributed by atoms with Gasteiger partial charge in [0, 0.05) is 24.2 Å². The fourth-order valence-electron chi connectivity index (χ4n) is 1.88. The lowest BCUT2D eigenvalue weighted by molar-refractivity contribution is -0.385. The van der Waals surface area contributed by atoms with Crippen molar-refractivity contribution in [3.8, 4) is 0 Å². The summed E-state index contributed by atoms with van der Waals surface area (Å²) >= 11 is 0. The molecule has 0 aliphatic heterocycles. The summed E-state index contributed by atoms with van der Waals surface area (Å²) < 4.78 is 0. The van der Waals surface area contributed by atoms with Crippen molar-refractivity contribution in [3.63, 3.8) is 0 Å². The fourth-order valence-corrected chi connectivity index (χ4v) is 1.88. The topological polar surface area (TPSA) is 55.2 Å². The maximum atomic E-state index is 10.9. The molecule has 0 aliphatic carbocycles. The zero-order valence-corrected chi connectivity index (χ0v) is 11.6. The van der Waals surface area contributed by atoms with Gasteiger partial charge >= 0.3 is 0 Å². The molecule has 0 saturated carbocycles. The lowest BCUT2D eigenvalue weighted by atomic mass is 10.00. The van der Waals surface area contributed by atoms with Crippen LogP contribution in [0.25, 0.3) is 0 Å². The van der Waals surface area contributed by atoms with Crippen LogP contribution in [0.3, 0.4) is 0 Å². The Balaban J connectivity index is 2.74. The van der Waals surface area contributed by atoms with Gasteiger partial charge in [0.25, 0.3) is 5.69 Å². The highest BCUT2D eigenvalue weighted by Crippen LogP contribution is 2.21. The van der Waals surface area contributed by atoms with Crippen LogP contribution in [0.15, 0.2) is 18.2 Å². The third kappa shape index (κ3) is 3.53. The molecule has 0 spiro atoms. The second-order valence-electron chi connectivity index (χ2n) is 4.87. The van der Waals surface area contributed by atoms with Crippen molar-refractivity contribution < 1.29 is 4.92 Å². The Morgan fingerprint density at radius 2 is 2.06 bits per heavy atom. The molecular weight excluding hydrogens is 228 g/mol. The zero-order chi connectivity index (χ0) is 13.7. The summed E-state index contributed by atoms with van der Waals surface area (Å²) in [6.45, 7) is 9.02. The minimum absolute atomic E-state index is 0.200. The molecule has 4 heteroatoms. The van der Waals surface area contributed by atoms with Gasteiger partial charge in [0.15, 0.2) is 0 Å². The van der Waals surface area contributed by atoms with Crippen LogP contribution < -0.4 is 5.32 Å². The molecule has 0 amide bonds. The molecule has 1 rings (SSSR count). The summed E-state index contributed by atoms with van der Waals surface area (Å²) in [4.78, 5) is 10.5. The summed E-state index contributed by atoms with van der Waals surface area (Å²) in [5.41, 5.74) is 1.95. The number of hydrogen-bond donors (Lipinski definition) is 1. The Bertz CT molecular complexity index is 418. The van der Waals surface area contributed by atoms with Gasteiger partial charge in [0.2, 0.25) is 0 Å². The predicted molar refractivity (Wildman–Crippen MR) is 73.6 cm³/mol. The van der Waals surface area contributed by atoms with E-state index < -0.39 is 0 Å². The van der Waals surface area contributed by atoms with Crippen molar-refractivity contribution in [2.24, 2.45) is 5.92 Å². The van der Waals surface area contributed by atoms with E-state index in [2.05, 4.69) is 26.1 Å². The molecule has 0 radical (unpaired) electrons. The van der Waals surface area contributed by atoms with Crippen LogP contribution in [-0.2, 0) is 6.54 Å². The van der Waals surface area contributed by atoms with Gasteiger partial charge < -0.3 is 5.32 Å². The minimum Gasteiger partial charge on any atom is -0.310 e. The van der Waals surface area contributed by atoms with E-state index in [1.165, 1.54) is 0 Å². The second-order valence-corrected chi connectivity index (χ2v) is 4.87. The van der Waals surface area contributed by atoms with E-state index in [1.54, 1.807) is 12.1 Å². The van der Waals surface area contributed by atoms with Crippen molar-refractivity contribution >= 4 is 5.69 Å². The van der Waals surface area contributed by atoms with Gasteiger partial charge in [-0.15, -0.1) is 0 Å². The van der Waals surface area contributed by atoms with Crippen molar-refractivity contribution in [2.75, 3.05) is 0 Å². The summed E-state index contributed by atoms with van der Waals surface area (Å²) in [7, 11) is 0. The molecule has 0 bridgehead atoms. The zero-order valence-electron chi connectivity index (χ0n) is 11.6. The molecule has 2 atom stereocenters. The SMILES string of the molecule is CCC(C)C(C)NCc1cccc([N+](=O)[O-])c1C. The fraction of sp³-hybridized carbons (Fsp3) is 0.571. The van der Waals surface area contributed by atoms with Gasteiger partial charge in [0.05, 0.1) is 4.92 Å². The minimum atomic E-state index is -0.322. The molecule has 0 aromatic heterocycles. The third-order valence-corrected chi connectivity index (χ3v) is 3.73. The third-order valence-electron chi connectivity index (χ3n) is 3.73. The number of benzene rings is 1. The van der Waals surface area contributed by atoms with Gasteiger partial charge in [-0.3, -0.25) is 10.1 Å². The first kappa shape index (κ1) is 14.6. The van der Waals surface area contributed by atoms with Crippen molar-refractivity contribution in [3.05, 3.63) is 39.4 Å². The summed E-state index contributed by atoms with van der Waals surface area (Å²) in [5, 5.41) is 14.3. The van der Waals surface area contributed by atoms with Gasteiger partial charge in [-0.05, 0) is 25.3 Å². The van der Waals surface area contributed by atoms with Crippen molar-refractivity contribution in [2.45, 2.75) is 46.7 Å². The summed E-state index contributed by atoms with van der Waals surface area (Å²) in [6.07, 6.45) is 1.13. The van der Waals surface area contributed by atoms with Gasteiger partial charge in [-0.25, -0.2) is 0 Å². The van der Waals surface area contributed by atoms with E-state index in [4.69, 9.17) is 0 Å². The second kappa shape index (κ2) is 6.50. The molecule has 100 valence electrons. The van der Waals surface area contributed by atoms with Crippen LogP contribution in [-0.4, -0.2) is 11.0 Å². The largest absolute Gasteiger partial charge is 0.310 e. The first-order valence-electron chi connectivity index (χ1n) is 6.43. The quantitative estimate of drug-likeness (QED) is 0.621. The standard InChI is InChI=1S/C14H22N2O2/c1-5-10(2)12(4)15-9-13-7-6-8-14(11(13)3)16(17)18/h6-8,10,12,15H,5,9H2,1-4H3. The highest BCUT2D eigenvalue weighted by molar-refractivity contribution is 5.44. The van der Waals surface area contributed by atoms with Crippen LogP contribution >= 0.6 is 0 Å². The Morgan fingerprint density at radius 1 is 1.39 bits per heavy atom. The Morgan fingerprint density at radius 3 is 2.61 bits per heavy atom. The van der Waals surface area contributed by atoms with Crippen LogP contribution in [0.1, 0.15) is 38.3 Å². The molecule has 0 saturated heterocycles. The predicted octanol–water partition coefficient (Wildman–Crippen LogP) is 3.43. The monoisotopic (exact) mass is 250 g/mol. The number of hydrogen-bond acceptors (Lipinski definition) is 3. The molecule has 1 N–H and O–H groups in total. The average Bonchev–Trinajstić information content (AvgIpc) is 2.35.